The molecule has 19 heavy (non-hydrogen) atoms. The molecule has 0 spiro atoms. The molecule has 0 aliphatic rings. The van der Waals surface area contributed by atoms with Gasteiger partial charge in [0.1, 0.15) is 21.5 Å². The molecule has 0 bridgehead atoms. The van der Waals surface area contributed by atoms with Crippen molar-refractivity contribution < 1.29 is 9.47 Å². The lowest BCUT2D eigenvalue weighted by Crippen LogP contribution is -1.91. The SMILES string of the molecule is COc1ccc(Oc2c(Cl)c(Cl)nc(Cl)c2Cl)cc1. The lowest BCUT2D eigenvalue weighted by molar-refractivity contribution is 0.413. The molecule has 0 radical (unpaired) electrons. The van der Waals surface area contributed by atoms with E-state index in [1.807, 2.05) is 0 Å². The quantitative estimate of drug-likeness (QED) is 0.693. The van der Waals surface area contributed by atoms with E-state index in [1.165, 1.54) is 0 Å². The van der Waals surface area contributed by atoms with Gasteiger partial charge in [-0.25, -0.2) is 4.98 Å². The molecular weight excluding hydrogens is 332 g/mol. The number of pyridine rings is 1. The Morgan fingerprint density at radius 1 is 0.842 bits per heavy atom. The second-order valence-electron chi connectivity index (χ2n) is 3.43. The molecule has 0 N–H and O–H groups in total. The van der Waals surface area contributed by atoms with Gasteiger partial charge in [0.05, 0.1) is 7.11 Å². The summed E-state index contributed by atoms with van der Waals surface area (Å²) in [7, 11) is 1.58. The van der Waals surface area contributed by atoms with Crippen molar-refractivity contribution in [3.63, 3.8) is 0 Å². The first kappa shape index (κ1) is 14.5. The minimum absolute atomic E-state index is 0.0274. The van der Waals surface area contributed by atoms with Crippen LogP contribution in [0.15, 0.2) is 24.3 Å². The summed E-state index contributed by atoms with van der Waals surface area (Å²) in [5.41, 5.74) is 0. The van der Waals surface area contributed by atoms with Crippen LogP contribution in [-0.2, 0) is 0 Å². The number of nitrogens with zero attached hydrogens (tertiary/aromatic N) is 1. The maximum absolute atomic E-state index is 5.99. The third kappa shape index (κ3) is 3.18. The van der Waals surface area contributed by atoms with Crippen molar-refractivity contribution in [1.82, 2.24) is 4.98 Å². The maximum atomic E-state index is 5.99. The van der Waals surface area contributed by atoms with Gasteiger partial charge in [-0.2, -0.15) is 0 Å². The van der Waals surface area contributed by atoms with E-state index >= 15 is 0 Å². The summed E-state index contributed by atoms with van der Waals surface area (Å²) in [6.07, 6.45) is 0. The van der Waals surface area contributed by atoms with E-state index in [1.54, 1.807) is 31.4 Å². The number of aromatic nitrogens is 1. The molecule has 7 heteroatoms. The van der Waals surface area contributed by atoms with Crippen LogP contribution in [0.1, 0.15) is 0 Å². The zero-order valence-electron chi connectivity index (χ0n) is 9.58. The second kappa shape index (κ2) is 6.06. The van der Waals surface area contributed by atoms with Gasteiger partial charge >= 0.3 is 0 Å². The smallest absolute Gasteiger partial charge is 0.170 e. The molecule has 2 rings (SSSR count). The molecule has 2 aromatic rings. The third-order valence-electron chi connectivity index (χ3n) is 2.24. The van der Waals surface area contributed by atoms with Gasteiger partial charge in [0.2, 0.25) is 0 Å². The molecule has 1 aromatic heterocycles. The molecule has 0 amide bonds. The highest BCUT2D eigenvalue weighted by atomic mass is 35.5. The molecule has 0 unspecified atom stereocenters. The summed E-state index contributed by atoms with van der Waals surface area (Å²) in [4.78, 5) is 3.77. The van der Waals surface area contributed by atoms with E-state index < -0.39 is 0 Å². The molecule has 100 valence electrons. The van der Waals surface area contributed by atoms with Gasteiger partial charge in [0, 0.05) is 0 Å². The van der Waals surface area contributed by atoms with Gasteiger partial charge in [-0.05, 0) is 24.3 Å². The summed E-state index contributed by atoms with van der Waals surface area (Å²) in [5, 5.41) is 0.262. The second-order valence-corrected chi connectivity index (χ2v) is 4.90. The van der Waals surface area contributed by atoms with Gasteiger partial charge < -0.3 is 9.47 Å². The van der Waals surface area contributed by atoms with Gasteiger partial charge in [0.15, 0.2) is 16.1 Å². The van der Waals surface area contributed by atoms with E-state index in [9.17, 15) is 0 Å². The molecule has 0 fully saturated rings. The maximum Gasteiger partial charge on any atom is 0.170 e. The van der Waals surface area contributed by atoms with E-state index in [0.29, 0.717) is 11.5 Å². The third-order valence-corrected chi connectivity index (χ3v) is 3.68. The van der Waals surface area contributed by atoms with E-state index in [2.05, 4.69) is 4.98 Å². The van der Waals surface area contributed by atoms with Gasteiger partial charge in [-0.3, -0.25) is 0 Å². The molecule has 0 aliphatic carbocycles. The normalized spacial score (nSPS) is 10.4. The summed E-state index contributed by atoms with van der Waals surface area (Å²) in [5.74, 6) is 1.39. The highest BCUT2D eigenvalue weighted by Crippen LogP contribution is 2.42. The number of rotatable bonds is 3. The first-order chi connectivity index (χ1) is 9.02. The van der Waals surface area contributed by atoms with E-state index in [0.717, 1.165) is 0 Å². The van der Waals surface area contributed by atoms with Gasteiger partial charge in [0.25, 0.3) is 0 Å². The average molecular weight is 339 g/mol. The van der Waals surface area contributed by atoms with Crippen molar-refractivity contribution in [3.05, 3.63) is 44.6 Å². The van der Waals surface area contributed by atoms with Gasteiger partial charge in [-0.15, -0.1) is 0 Å². The first-order valence-corrected chi connectivity index (χ1v) is 6.56. The Morgan fingerprint density at radius 2 is 1.32 bits per heavy atom. The van der Waals surface area contributed by atoms with Crippen molar-refractivity contribution in [1.29, 1.82) is 0 Å². The van der Waals surface area contributed by atoms with Crippen molar-refractivity contribution in [2.24, 2.45) is 0 Å². The number of ether oxygens (including phenoxy) is 2. The molecule has 0 saturated carbocycles. The standard InChI is InChI=1S/C12H7Cl4NO2/c1-18-6-2-4-7(5-3-6)19-10-8(13)11(15)17-12(16)9(10)14/h2-5H,1H3. The Labute approximate surface area is 130 Å². The summed E-state index contributed by atoms with van der Waals surface area (Å²) < 4.78 is 10.6. The van der Waals surface area contributed by atoms with Crippen LogP contribution in [0.4, 0.5) is 0 Å². The van der Waals surface area contributed by atoms with Crippen molar-refractivity contribution in [2.75, 3.05) is 7.11 Å². The molecule has 0 aliphatic heterocycles. The predicted molar refractivity (Wildman–Crippen MR) is 77.3 cm³/mol. The number of halogens is 4. The number of hydrogen-bond donors (Lipinski definition) is 0. The number of hydrogen-bond acceptors (Lipinski definition) is 3. The molecule has 1 aromatic carbocycles. The monoisotopic (exact) mass is 337 g/mol. The lowest BCUT2D eigenvalue weighted by atomic mass is 10.3. The molecule has 3 nitrogen and oxygen atoms in total. The average Bonchev–Trinajstić information content (AvgIpc) is 2.42. The first-order valence-electron chi connectivity index (χ1n) is 5.05. The summed E-state index contributed by atoms with van der Waals surface area (Å²) in [6, 6.07) is 6.88. The Balaban J connectivity index is 2.37. The fraction of sp³-hybridized carbons (Fsp3) is 0.0833. The number of benzene rings is 1. The Kier molecular flexibility index (Phi) is 4.63. The fourth-order valence-corrected chi connectivity index (χ4v) is 2.10. The van der Waals surface area contributed by atoms with Crippen LogP contribution in [0.2, 0.25) is 20.4 Å². The highest BCUT2D eigenvalue weighted by molar-refractivity contribution is 6.47. The zero-order valence-corrected chi connectivity index (χ0v) is 12.6. The van der Waals surface area contributed by atoms with Crippen molar-refractivity contribution in [2.45, 2.75) is 0 Å². The topological polar surface area (TPSA) is 31.4 Å². The van der Waals surface area contributed by atoms with Crippen molar-refractivity contribution in [3.8, 4) is 17.2 Å². The van der Waals surface area contributed by atoms with Crippen LogP contribution >= 0.6 is 46.4 Å². The minimum atomic E-state index is 0.0274. The summed E-state index contributed by atoms with van der Waals surface area (Å²) >= 11 is 23.6. The van der Waals surface area contributed by atoms with Crippen LogP contribution in [0.5, 0.6) is 17.2 Å². The van der Waals surface area contributed by atoms with Crippen LogP contribution in [0.25, 0.3) is 0 Å². The van der Waals surface area contributed by atoms with Crippen LogP contribution in [0, 0.1) is 0 Å². The Bertz CT molecular complexity index is 575. The lowest BCUT2D eigenvalue weighted by Gasteiger charge is -2.11. The van der Waals surface area contributed by atoms with E-state index in [-0.39, 0.29) is 26.1 Å². The molecular formula is C12H7Cl4NO2. The minimum Gasteiger partial charge on any atom is -0.497 e. The largest absolute Gasteiger partial charge is 0.497 e. The summed E-state index contributed by atoms with van der Waals surface area (Å²) in [6.45, 7) is 0. The zero-order chi connectivity index (χ0) is 14.0. The Morgan fingerprint density at radius 3 is 1.79 bits per heavy atom. The molecule has 1 heterocycles. The van der Waals surface area contributed by atoms with Crippen LogP contribution in [-0.4, -0.2) is 12.1 Å². The Hall–Kier alpha value is -0.870. The van der Waals surface area contributed by atoms with Gasteiger partial charge in [-0.1, -0.05) is 46.4 Å². The number of methoxy groups -OCH3 is 1. The van der Waals surface area contributed by atoms with Crippen LogP contribution < -0.4 is 9.47 Å². The van der Waals surface area contributed by atoms with Crippen LogP contribution in [0.3, 0.4) is 0 Å². The molecule has 0 atom stereocenters. The van der Waals surface area contributed by atoms with E-state index in [4.69, 9.17) is 55.9 Å². The highest BCUT2D eigenvalue weighted by Gasteiger charge is 2.17. The van der Waals surface area contributed by atoms with Crippen molar-refractivity contribution >= 4 is 46.4 Å². The predicted octanol–water partition coefficient (Wildman–Crippen LogP) is 5.50. The molecule has 0 saturated heterocycles. The fourth-order valence-electron chi connectivity index (χ4n) is 1.32.